The molecule has 39 heavy (non-hydrogen) atoms. The van der Waals surface area contributed by atoms with Crippen LogP contribution in [0, 0.1) is 19.7 Å². The number of carbonyl (C=O) groups is 2. The molecule has 2 amide bonds. The van der Waals surface area contributed by atoms with Crippen LogP contribution in [0.15, 0.2) is 51.9 Å². The van der Waals surface area contributed by atoms with Crippen LogP contribution in [0.2, 0.25) is 5.02 Å². The summed E-state index contributed by atoms with van der Waals surface area (Å²) < 4.78 is 46.4. The lowest BCUT2D eigenvalue weighted by Gasteiger charge is -2.26. The van der Waals surface area contributed by atoms with Crippen LogP contribution in [-0.2, 0) is 26.2 Å². The van der Waals surface area contributed by atoms with E-state index < -0.39 is 33.8 Å². The first-order valence-corrected chi connectivity index (χ1v) is 14.4. The number of nitrogens with one attached hydrogen (secondary N) is 2. The van der Waals surface area contributed by atoms with Crippen LogP contribution in [0.1, 0.15) is 43.2 Å². The molecular weight excluding hydrogens is 547 g/mol. The first kappa shape index (κ1) is 28.7. The summed E-state index contributed by atoms with van der Waals surface area (Å²) >= 11 is 5.94. The normalized spacial score (nSPS) is 17.1. The molecule has 1 saturated heterocycles. The van der Waals surface area contributed by atoms with Crippen molar-refractivity contribution >= 4 is 33.4 Å². The molecule has 4 rings (SSSR count). The third kappa shape index (κ3) is 6.66. The summed E-state index contributed by atoms with van der Waals surface area (Å²) in [7, 11) is -4.06. The monoisotopic (exact) mass is 576 g/mol. The predicted molar refractivity (Wildman–Crippen MR) is 144 cm³/mol. The van der Waals surface area contributed by atoms with E-state index in [0.29, 0.717) is 19.5 Å². The zero-order chi connectivity index (χ0) is 28.3. The van der Waals surface area contributed by atoms with Crippen molar-refractivity contribution in [2.45, 2.75) is 63.6 Å². The van der Waals surface area contributed by atoms with E-state index in [1.807, 2.05) is 24.3 Å². The standard InChI is InChI=1S/C27H30ClFN4O5S/c1-16-25(18(3)38-31-16)39(36,37)32-17(2)26(34)30-24-9-4-5-12-33(27(24)35)15-19-7-6-8-20(13-19)21-10-11-23(29)22(28)14-21/h6-8,10-11,13-14,17,24,32H,4-5,9,12,15H2,1-3H3,(H,30,34). The molecule has 2 aromatic carbocycles. The van der Waals surface area contributed by atoms with Crippen LogP contribution in [0.5, 0.6) is 0 Å². The Morgan fingerprint density at radius 1 is 1.21 bits per heavy atom. The van der Waals surface area contributed by atoms with Gasteiger partial charge in [0.25, 0.3) is 0 Å². The van der Waals surface area contributed by atoms with Gasteiger partial charge in [0.05, 0.1) is 11.1 Å². The smallest absolute Gasteiger partial charge is 0.246 e. The fraction of sp³-hybridized carbons (Fsp3) is 0.370. The molecule has 12 heteroatoms. The fourth-order valence-electron chi connectivity index (χ4n) is 4.64. The van der Waals surface area contributed by atoms with Gasteiger partial charge in [-0.2, -0.15) is 4.72 Å². The lowest BCUT2D eigenvalue weighted by Crippen LogP contribution is -2.52. The number of hydrogen-bond acceptors (Lipinski definition) is 6. The summed E-state index contributed by atoms with van der Waals surface area (Å²) in [6, 6.07) is 10.1. The summed E-state index contributed by atoms with van der Waals surface area (Å²) in [6.07, 6.45) is 1.93. The van der Waals surface area contributed by atoms with Gasteiger partial charge in [0.1, 0.15) is 22.4 Å². The fourth-order valence-corrected chi connectivity index (χ4v) is 6.35. The zero-order valence-electron chi connectivity index (χ0n) is 21.8. The molecular formula is C27H30ClFN4O5S. The number of rotatable bonds is 8. The first-order valence-electron chi connectivity index (χ1n) is 12.5. The van der Waals surface area contributed by atoms with Crippen molar-refractivity contribution in [3.05, 3.63) is 70.3 Å². The number of hydrogen-bond donors (Lipinski definition) is 2. The highest BCUT2D eigenvalue weighted by Crippen LogP contribution is 2.26. The van der Waals surface area contributed by atoms with E-state index in [4.69, 9.17) is 16.1 Å². The van der Waals surface area contributed by atoms with Gasteiger partial charge in [-0.15, -0.1) is 0 Å². The van der Waals surface area contributed by atoms with Gasteiger partial charge in [0.2, 0.25) is 21.8 Å². The zero-order valence-corrected chi connectivity index (χ0v) is 23.4. The molecule has 0 bridgehead atoms. The summed E-state index contributed by atoms with van der Waals surface area (Å²) in [5.41, 5.74) is 2.65. The maximum absolute atomic E-state index is 13.6. The molecule has 0 spiro atoms. The van der Waals surface area contributed by atoms with Gasteiger partial charge in [-0.1, -0.05) is 41.0 Å². The van der Waals surface area contributed by atoms with E-state index in [1.165, 1.54) is 26.8 Å². The molecule has 0 radical (unpaired) electrons. The molecule has 2 atom stereocenters. The quantitative estimate of drug-likeness (QED) is 0.416. The average Bonchev–Trinajstić information content (AvgIpc) is 3.15. The molecule has 1 aliphatic heterocycles. The van der Waals surface area contributed by atoms with E-state index in [0.717, 1.165) is 29.5 Å². The number of halogens is 2. The highest BCUT2D eigenvalue weighted by atomic mass is 35.5. The Morgan fingerprint density at radius 3 is 2.64 bits per heavy atom. The van der Waals surface area contributed by atoms with E-state index in [1.54, 1.807) is 17.0 Å². The Balaban J connectivity index is 1.43. The summed E-state index contributed by atoms with van der Waals surface area (Å²) in [4.78, 5) is 27.9. The van der Waals surface area contributed by atoms with E-state index in [-0.39, 0.29) is 27.3 Å². The second-order valence-electron chi connectivity index (χ2n) is 9.64. The number of carbonyl (C=O) groups excluding carboxylic acids is 2. The van der Waals surface area contributed by atoms with Crippen molar-refractivity contribution < 1.29 is 26.9 Å². The second kappa shape index (κ2) is 11.8. The van der Waals surface area contributed by atoms with E-state index >= 15 is 0 Å². The summed E-state index contributed by atoms with van der Waals surface area (Å²) in [6.45, 7) is 5.23. The van der Waals surface area contributed by atoms with Crippen LogP contribution in [0.4, 0.5) is 4.39 Å². The lowest BCUT2D eigenvalue weighted by atomic mass is 10.0. The molecule has 2 heterocycles. The van der Waals surface area contributed by atoms with Crippen molar-refractivity contribution in [1.29, 1.82) is 0 Å². The third-order valence-electron chi connectivity index (χ3n) is 6.61. The minimum atomic E-state index is -4.06. The van der Waals surface area contributed by atoms with Crippen molar-refractivity contribution in [2.75, 3.05) is 6.54 Å². The molecule has 0 saturated carbocycles. The number of benzene rings is 2. The molecule has 1 aliphatic rings. The van der Waals surface area contributed by atoms with Gasteiger partial charge in [-0.05, 0) is 74.9 Å². The lowest BCUT2D eigenvalue weighted by molar-refractivity contribution is -0.136. The minimum absolute atomic E-state index is 0.0300. The predicted octanol–water partition coefficient (Wildman–Crippen LogP) is 4.12. The van der Waals surface area contributed by atoms with Crippen molar-refractivity contribution in [1.82, 2.24) is 20.1 Å². The highest BCUT2D eigenvalue weighted by molar-refractivity contribution is 7.89. The van der Waals surface area contributed by atoms with Crippen molar-refractivity contribution in [2.24, 2.45) is 0 Å². The molecule has 2 N–H and O–H groups in total. The van der Waals surface area contributed by atoms with Gasteiger partial charge in [-0.25, -0.2) is 12.8 Å². The molecule has 208 valence electrons. The molecule has 2 unspecified atom stereocenters. The number of nitrogens with zero attached hydrogens (tertiary/aromatic N) is 2. The van der Waals surface area contributed by atoms with Gasteiger partial charge in [-0.3, -0.25) is 9.59 Å². The van der Waals surface area contributed by atoms with Gasteiger partial charge >= 0.3 is 0 Å². The third-order valence-corrected chi connectivity index (χ3v) is 8.69. The van der Waals surface area contributed by atoms with Crippen LogP contribution < -0.4 is 10.0 Å². The number of likely N-dealkylation sites (tertiary alicyclic amines) is 1. The number of amides is 2. The average molecular weight is 577 g/mol. The number of aryl methyl sites for hydroxylation is 2. The summed E-state index contributed by atoms with van der Waals surface area (Å²) in [5, 5.41) is 6.41. The minimum Gasteiger partial charge on any atom is -0.360 e. The molecule has 9 nitrogen and oxygen atoms in total. The van der Waals surface area contributed by atoms with Gasteiger partial charge in [0.15, 0.2) is 5.76 Å². The van der Waals surface area contributed by atoms with Crippen LogP contribution in [0.25, 0.3) is 11.1 Å². The topological polar surface area (TPSA) is 122 Å². The largest absolute Gasteiger partial charge is 0.360 e. The highest BCUT2D eigenvalue weighted by Gasteiger charge is 2.32. The van der Waals surface area contributed by atoms with Crippen LogP contribution >= 0.6 is 11.6 Å². The maximum Gasteiger partial charge on any atom is 0.246 e. The number of sulfonamides is 1. The van der Waals surface area contributed by atoms with Crippen molar-refractivity contribution in [3.63, 3.8) is 0 Å². The van der Waals surface area contributed by atoms with Gasteiger partial charge < -0.3 is 14.7 Å². The van der Waals surface area contributed by atoms with Crippen LogP contribution in [0.3, 0.4) is 0 Å². The van der Waals surface area contributed by atoms with Crippen LogP contribution in [-0.4, -0.2) is 48.9 Å². The Morgan fingerprint density at radius 2 is 1.95 bits per heavy atom. The first-order chi connectivity index (χ1) is 18.5. The summed E-state index contributed by atoms with van der Waals surface area (Å²) in [5.74, 6) is -1.22. The Bertz CT molecular complexity index is 1470. The Hall–Kier alpha value is -3.28. The van der Waals surface area contributed by atoms with E-state index in [2.05, 4.69) is 15.2 Å². The number of aromatic nitrogens is 1. The van der Waals surface area contributed by atoms with Crippen molar-refractivity contribution in [3.8, 4) is 11.1 Å². The molecule has 1 aromatic heterocycles. The Kier molecular flexibility index (Phi) is 8.73. The molecule has 1 fully saturated rings. The Labute approximate surface area is 231 Å². The van der Waals surface area contributed by atoms with E-state index in [9.17, 15) is 22.4 Å². The van der Waals surface area contributed by atoms with Gasteiger partial charge in [0, 0.05) is 13.1 Å². The molecule has 3 aromatic rings. The SMILES string of the molecule is Cc1noc(C)c1S(=O)(=O)NC(C)C(=O)NC1CCCCN(Cc2cccc(-c3ccc(F)c(Cl)c3)c2)C1=O. The maximum atomic E-state index is 13.6. The molecule has 0 aliphatic carbocycles. The second-order valence-corrected chi connectivity index (χ2v) is 11.7.